The molecule has 5 aromatic carbocycles. The van der Waals surface area contributed by atoms with Gasteiger partial charge in [0, 0.05) is 5.92 Å². The number of carbonyl (C=O) groups excluding carboxylic acids is 4. The van der Waals surface area contributed by atoms with Gasteiger partial charge in [0.05, 0.1) is 6.42 Å². The summed E-state index contributed by atoms with van der Waals surface area (Å²) >= 11 is 0. The molecule has 6 rings (SSSR count). The first-order chi connectivity index (χ1) is 25.5. The molecule has 0 radical (unpaired) electrons. The summed E-state index contributed by atoms with van der Waals surface area (Å²) in [4.78, 5) is 53.9. The first kappa shape index (κ1) is 36.6. The van der Waals surface area contributed by atoms with Gasteiger partial charge in [-0.05, 0) is 59.7 Å². The molecule has 270 valence electrons. The number of fused-ring (bicyclic) bond motifs is 3. The second-order valence-corrected chi connectivity index (χ2v) is 13.9. The Labute approximate surface area is 309 Å². The van der Waals surface area contributed by atoms with Crippen LogP contribution in [-0.4, -0.2) is 48.7 Å². The molecule has 9 nitrogen and oxygen atoms in total. The Morgan fingerprint density at radius 1 is 0.642 bits per heavy atom. The molecule has 1 atom stereocenters. The average Bonchev–Trinajstić information content (AvgIpc) is 3.48. The Bertz CT molecular complexity index is 1920. The molecule has 0 fully saturated rings. The maximum atomic E-state index is 14.3. The Kier molecular flexibility index (Phi) is 11.0. The molecule has 1 aliphatic carbocycles. The number of nitrogens with one attached hydrogen (secondary N) is 3. The lowest BCUT2D eigenvalue weighted by Gasteiger charge is -2.37. The van der Waals surface area contributed by atoms with Crippen molar-refractivity contribution in [3.63, 3.8) is 0 Å². The van der Waals surface area contributed by atoms with E-state index >= 15 is 0 Å². The molecule has 0 bridgehead atoms. The lowest BCUT2D eigenvalue weighted by atomic mass is 9.77. The van der Waals surface area contributed by atoms with E-state index in [4.69, 9.17) is 9.47 Å². The van der Waals surface area contributed by atoms with Gasteiger partial charge in [0.1, 0.15) is 30.3 Å². The van der Waals surface area contributed by atoms with Crippen molar-refractivity contribution in [2.24, 2.45) is 0 Å². The summed E-state index contributed by atoms with van der Waals surface area (Å²) in [5, 5.41) is 8.37. The van der Waals surface area contributed by atoms with Crippen molar-refractivity contribution in [2.75, 3.05) is 13.2 Å². The molecule has 0 aliphatic heterocycles. The van der Waals surface area contributed by atoms with Crippen LogP contribution in [-0.2, 0) is 29.4 Å². The summed E-state index contributed by atoms with van der Waals surface area (Å²) in [6.45, 7) is 4.71. The van der Waals surface area contributed by atoms with Crippen LogP contribution in [0.4, 0.5) is 4.79 Å². The molecular weight excluding hydrogens is 666 g/mol. The quantitative estimate of drug-likeness (QED) is 0.0963. The van der Waals surface area contributed by atoms with Gasteiger partial charge in [-0.1, -0.05) is 140 Å². The number of hydrogen-bond acceptors (Lipinski definition) is 6. The van der Waals surface area contributed by atoms with Crippen LogP contribution in [0, 0.1) is 0 Å². The van der Waals surface area contributed by atoms with E-state index in [9.17, 15) is 19.2 Å². The molecule has 53 heavy (non-hydrogen) atoms. The van der Waals surface area contributed by atoms with E-state index in [-0.39, 0.29) is 12.5 Å². The lowest BCUT2D eigenvalue weighted by molar-refractivity contribution is -0.154. The highest BCUT2D eigenvalue weighted by Crippen LogP contribution is 2.44. The normalized spacial score (nSPS) is 12.8. The van der Waals surface area contributed by atoms with Crippen LogP contribution in [0.1, 0.15) is 60.9 Å². The number of alkyl carbamates (subject to hydrolysis) is 1. The van der Waals surface area contributed by atoms with E-state index in [1.165, 1.54) is 0 Å². The maximum absolute atomic E-state index is 14.3. The third-order valence-corrected chi connectivity index (χ3v) is 9.12. The van der Waals surface area contributed by atoms with Gasteiger partial charge < -0.3 is 25.4 Å². The molecule has 9 heteroatoms. The Morgan fingerprint density at radius 3 is 1.57 bits per heavy atom. The summed E-state index contributed by atoms with van der Waals surface area (Å²) in [7, 11) is 0. The average molecular weight is 710 g/mol. The van der Waals surface area contributed by atoms with E-state index in [1.54, 1.807) is 20.8 Å². The van der Waals surface area contributed by atoms with Crippen molar-refractivity contribution in [1.82, 2.24) is 16.0 Å². The predicted octanol–water partition coefficient (Wildman–Crippen LogP) is 6.85. The second-order valence-electron chi connectivity index (χ2n) is 13.9. The molecule has 1 unspecified atom stereocenters. The summed E-state index contributed by atoms with van der Waals surface area (Å²) in [5.74, 6) is -2.15. The number of esters is 1. The third kappa shape index (κ3) is 8.47. The highest BCUT2D eigenvalue weighted by Gasteiger charge is 2.39. The third-order valence-electron chi connectivity index (χ3n) is 9.12. The minimum absolute atomic E-state index is 0.0113. The van der Waals surface area contributed by atoms with Crippen LogP contribution in [0.5, 0.6) is 0 Å². The highest BCUT2D eigenvalue weighted by atomic mass is 16.6. The van der Waals surface area contributed by atoms with Gasteiger partial charge in [-0.2, -0.15) is 0 Å². The van der Waals surface area contributed by atoms with Gasteiger partial charge in [-0.3, -0.25) is 14.4 Å². The molecule has 3 amide bonds. The van der Waals surface area contributed by atoms with Crippen molar-refractivity contribution >= 4 is 23.9 Å². The first-order valence-electron chi connectivity index (χ1n) is 17.6. The minimum atomic E-state index is -1.40. The number of benzene rings is 5. The molecule has 3 N–H and O–H groups in total. The lowest BCUT2D eigenvalue weighted by Crippen LogP contribution is -2.53. The van der Waals surface area contributed by atoms with Crippen LogP contribution in [0.2, 0.25) is 0 Å². The highest BCUT2D eigenvalue weighted by molar-refractivity contribution is 5.93. The van der Waals surface area contributed by atoms with Crippen LogP contribution in [0.25, 0.3) is 11.1 Å². The molecule has 0 aromatic heterocycles. The monoisotopic (exact) mass is 709 g/mol. The molecule has 0 spiro atoms. The van der Waals surface area contributed by atoms with Crippen LogP contribution in [0.3, 0.4) is 0 Å². The zero-order valence-electron chi connectivity index (χ0n) is 30.0. The fraction of sp³-hybridized carbons (Fsp3) is 0.227. The number of carbonyl (C=O) groups is 4. The zero-order valence-corrected chi connectivity index (χ0v) is 30.0. The zero-order chi connectivity index (χ0) is 37.4. The van der Waals surface area contributed by atoms with E-state index in [2.05, 4.69) is 16.0 Å². The first-order valence-corrected chi connectivity index (χ1v) is 17.6. The van der Waals surface area contributed by atoms with Crippen LogP contribution < -0.4 is 16.0 Å². The molecule has 0 saturated carbocycles. The van der Waals surface area contributed by atoms with Crippen LogP contribution >= 0.6 is 0 Å². The summed E-state index contributed by atoms with van der Waals surface area (Å²) in [6.07, 6.45) is -1.34. The van der Waals surface area contributed by atoms with Crippen LogP contribution in [0.15, 0.2) is 140 Å². The summed E-state index contributed by atoms with van der Waals surface area (Å²) < 4.78 is 11.1. The number of ether oxygens (including phenoxy) is 2. The van der Waals surface area contributed by atoms with Crippen molar-refractivity contribution < 1.29 is 28.7 Å². The molecule has 0 heterocycles. The van der Waals surface area contributed by atoms with Gasteiger partial charge in [0.15, 0.2) is 0 Å². The van der Waals surface area contributed by atoms with Gasteiger partial charge in [0.25, 0.3) is 0 Å². The maximum Gasteiger partial charge on any atom is 0.407 e. The summed E-state index contributed by atoms with van der Waals surface area (Å²) in [6, 6.07) is 43.2. The van der Waals surface area contributed by atoms with E-state index in [0.717, 1.165) is 38.9 Å². The fourth-order valence-corrected chi connectivity index (χ4v) is 6.88. The summed E-state index contributed by atoms with van der Waals surface area (Å²) in [5.41, 5.74) is 4.68. The van der Waals surface area contributed by atoms with E-state index < -0.39 is 54.0 Å². The minimum Gasteiger partial charge on any atom is -0.459 e. The number of rotatable bonds is 12. The van der Waals surface area contributed by atoms with Crippen molar-refractivity contribution in [1.29, 1.82) is 0 Å². The molecular formula is C44H43N3O6. The standard InChI is InChI=1S/C44H43N3O6/c1-43(2,3)53-40(49)28-45-41(50)38(46-42(51)52-29-37-35-25-15-13-23-33(35)34-24-14-16-26-36(34)37)27-39(48)47-44(30-17-7-4-8-18-30,31-19-9-5-10-20-31)32-21-11-6-12-22-32/h4-26,37-38H,27-29H2,1-3H3,(H,45,50)(H,46,51)(H,47,48). The Morgan fingerprint density at radius 2 is 1.09 bits per heavy atom. The van der Waals surface area contributed by atoms with Crippen molar-refractivity contribution in [3.05, 3.63) is 167 Å². The van der Waals surface area contributed by atoms with Crippen molar-refractivity contribution in [3.8, 4) is 11.1 Å². The molecule has 5 aromatic rings. The van der Waals surface area contributed by atoms with Crippen molar-refractivity contribution in [2.45, 2.75) is 50.3 Å². The Hall–Kier alpha value is -6.22. The molecule has 0 saturated heterocycles. The van der Waals surface area contributed by atoms with E-state index in [1.807, 2.05) is 140 Å². The van der Waals surface area contributed by atoms with Gasteiger partial charge in [-0.15, -0.1) is 0 Å². The number of amides is 3. The smallest absolute Gasteiger partial charge is 0.407 e. The van der Waals surface area contributed by atoms with Gasteiger partial charge in [-0.25, -0.2) is 4.79 Å². The SMILES string of the molecule is CC(C)(C)OC(=O)CNC(=O)C(CC(=O)NC(c1ccccc1)(c1ccccc1)c1ccccc1)NC(=O)OCC1c2ccccc2-c2ccccc21. The van der Waals surface area contributed by atoms with Gasteiger partial charge >= 0.3 is 12.1 Å². The number of hydrogen-bond donors (Lipinski definition) is 3. The second kappa shape index (κ2) is 16.0. The topological polar surface area (TPSA) is 123 Å². The fourth-order valence-electron chi connectivity index (χ4n) is 6.88. The predicted molar refractivity (Wildman–Crippen MR) is 203 cm³/mol. The van der Waals surface area contributed by atoms with E-state index in [0.29, 0.717) is 0 Å². The largest absolute Gasteiger partial charge is 0.459 e. The van der Waals surface area contributed by atoms with Gasteiger partial charge in [0.2, 0.25) is 11.8 Å². The Balaban J connectivity index is 1.25. The molecule has 1 aliphatic rings.